The van der Waals surface area contributed by atoms with E-state index in [1.165, 1.54) is 21.9 Å². The zero-order chi connectivity index (χ0) is 23.3. The zero-order valence-corrected chi connectivity index (χ0v) is 20.6. The molecule has 2 fully saturated rings. The summed E-state index contributed by atoms with van der Waals surface area (Å²) in [6, 6.07) is 7.42. The van der Waals surface area contributed by atoms with Crippen LogP contribution in [0.15, 0.2) is 24.3 Å². The highest BCUT2D eigenvalue weighted by Gasteiger charge is 2.21. The summed E-state index contributed by atoms with van der Waals surface area (Å²) < 4.78 is 38.1. The number of nitrogens with one attached hydrogen (secondary N) is 1. The van der Waals surface area contributed by atoms with Crippen molar-refractivity contribution in [2.45, 2.75) is 0 Å². The lowest BCUT2D eigenvalue weighted by Gasteiger charge is -2.30. The fourth-order valence-corrected chi connectivity index (χ4v) is 5.95. The average Bonchev–Trinajstić information content (AvgIpc) is 3.23. The summed E-state index contributed by atoms with van der Waals surface area (Å²) in [5, 5.41) is 3.86. The van der Waals surface area contributed by atoms with Crippen LogP contribution in [0, 0.1) is 0 Å². The minimum absolute atomic E-state index is 0.0988. The van der Waals surface area contributed by atoms with Crippen molar-refractivity contribution in [3.05, 3.63) is 29.1 Å². The maximum atomic E-state index is 12.6. The summed E-state index contributed by atoms with van der Waals surface area (Å²) in [5.41, 5.74) is 0.621. The van der Waals surface area contributed by atoms with Crippen LogP contribution >= 0.6 is 11.3 Å². The molecule has 4 rings (SSSR count). The molecule has 1 amide bonds. The summed E-state index contributed by atoms with van der Waals surface area (Å²) >= 11 is 1.42. The van der Waals surface area contributed by atoms with Crippen molar-refractivity contribution in [2.24, 2.45) is 0 Å². The number of nitrogens with zero attached hydrogens (tertiary/aromatic N) is 3. The van der Waals surface area contributed by atoms with E-state index >= 15 is 0 Å². The zero-order valence-electron chi connectivity index (χ0n) is 19.0. The highest BCUT2D eigenvalue weighted by Crippen LogP contribution is 2.30. The molecule has 1 N–H and O–H groups in total. The van der Waals surface area contributed by atoms with Crippen LogP contribution in [-0.4, -0.2) is 109 Å². The molecule has 0 saturated carbocycles. The lowest BCUT2D eigenvalue weighted by molar-refractivity contribution is 0.0383. The van der Waals surface area contributed by atoms with Crippen molar-refractivity contribution >= 4 is 43.0 Å². The van der Waals surface area contributed by atoms with Gasteiger partial charge in [0.1, 0.15) is 0 Å². The maximum absolute atomic E-state index is 12.6. The Morgan fingerprint density at radius 3 is 2.30 bits per heavy atom. The molecule has 2 aliphatic rings. The fourth-order valence-electron chi connectivity index (χ4n) is 4.08. The van der Waals surface area contributed by atoms with Crippen molar-refractivity contribution < 1.29 is 22.7 Å². The van der Waals surface area contributed by atoms with Crippen molar-refractivity contribution in [1.29, 1.82) is 0 Å². The van der Waals surface area contributed by atoms with Gasteiger partial charge in [0.25, 0.3) is 5.91 Å². The standard InChI is InChI=1S/C22H32N4O5S2/c1-33(28,29)26(7-6-25-10-14-31-15-11-25)19-2-3-20-18(16-19)17-21(32-20)22(27)23-4-5-24-8-12-30-13-9-24/h2-3,16-17H,4-15H2,1H3,(H,23,27). The molecule has 2 aromatic rings. The van der Waals surface area contributed by atoms with Crippen LogP contribution < -0.4 is 9.62 Å². The summed E-state index contributed by atoms with van der Waals surface area (Å²) in [5.74, 6) is -0.0988. The van der Waals surface area contributed by atoms with Crippen LogP contribution in [0.1, 0.15) is 9.67 Å². The first kappa shape index (κ1) is 24.4. The van der Waals surface area contributed by atoms with Gasteiger partial charge >= 0.3 is 0 Å². The van der Waals surface area contributed by atoms with Gasteiger partial charge in [0.15, 0.2) is 0 Å². The summed E-state index contributed by atoms with van der Waals surface area (Å²) in [6.45, 7) is 8.65. The third-order valence-electron chi connectivity index (χ3n) is 5.95. The second-order valence-corrected chi connectivity index (χ2v) is 11.3. The molecule has 2 aliphatic heterocycles. The minimum atomic E-state index is -3.43. The monoisotopic (exact) mass is 496 g/mol. The number of anilines is 1. The summed E-state index contributed by atoms with van der Waals surface area (Å²) in [4.78, 5) is 17.8. The molecule has 11 heteroatoms. The number of amides is 1. The van der Waals surface area contributed by atoms with E-state index in [-0.39, 0.29) is 5.91 Å². The Morgan fingerprint density at radius 1 is 1.03 bits per heavy atom. The number of carbonyl (C=O) groups is 1. The molecule has 33 heavy (non-hydrogen) atoms. The van der Waals surface area contributed by atoms with Gasteiger partial charge < -0.3 is 14.8 Å². The number of sulfonamides is 1. The van der Waals surface area contributed by atoms with Gasteiger partial charge in [-0.25, -0.2) is 8.42 Å². The molecule has 0 aliphatic carbocycles. The SMILES string of the molecule is CS(=O)(=O)N(CCN1CCOCC1)c1ccc2sc(C(=O)NCCN3CCOCC3)cc2c1. The molecule has 3 heterocycles. The van der Waals surface area contributed by atoms with Crippen molar-refractivity contribution in [1.82, 2.24) is 15.1 Å². The Morgan fingerprint density at radius 2 is 1.67 bits per heavy atom. The number of benzene rings is 1. The number of ether oxygens (including phenoxy) is 2. The molecule has 1 aromatic carbocycles. The van der Waals surface area contributed by atoms with Crippen LogP contribution in [-0.2, 0) is 19.5 Å². The molecule has 9 nitrogen and oxygen atoms in total. The molecule has 0 spiro atoms. The number of hydrogen-bond acceptors (Lipinski definition) is 8. The van der Waals surface area contributed by atoms with Crippen LogP contribution in [0.5, 0.6) is 0 Å². The number of morpholine rings is 2. The number of thiophene rings is 1. The molecule has 182 valence electrons. The lowest BCUT2D eigenvalue weighted by Crippen LogP contribution is -2.43. The molecule has 0 radical (unpaired) electrons. The molecule has 2 saturated heterocycles. The highest BCUT2D eigenvalue weighted by molar-refractivity contribution is 7.92. The van der Waals surface area contributed by atoms with E-state index in [0.717, 1.165) is 56.0 Å². The van der Waals surface area contributed by atoms with E-state index in [9.17, 15) is 13.2 Å². The average molecular weight is 497 g/mol. The fraction of sp³-hybridized carbons (Fsp3) is 0.591. The van der Waals surface area contributed by atoms with E-state index in [1.807, 2.05) is 24.3 Å². The van der Waals surface area contributed by atoms with Crippen molar-refractivity contribution in [2.75, 3.05) is 89.3 Å². The Labute approximate surface area is 199 Å². The molecule has 0 unspecified atom stereocenters. The maximum Gasteiger partial charge on any atom is 0.261 e. The summed E-state index contributed by atoms with van der Waals surface area (Å²) in [6.07, 6.45) is 1.23. The topological polar surface area (TPSA) is 91.4 Å². The van der Waals surface area contributed by atoms with Gasteiger partial charge in [-0.2, -0.15) is 0 Å². The molecule has 0 atom stereocenters. The summed E-state index contributed by atoms with van der Waals surface area (Å²) in [7, 11) is -3.43. The van der Waals surface area contributed by atoms with E-state index in [0.29, 0.717) is 43.4 Å². The predicted octanol–water partition coefficient (Wildman–Crippen LogP) is 1.06. The molecular formula is C22H32N4O5S2. The second kappa shape index (κ2) is 11.1. The van der Waals surface area contributed by atoms with Crippen LogP contribution in [0.2, 0.25) is 0 Å². The third kappa shape index (κ3) is 6.65. The number of hydrogen-bond donors (Lipinski definition) is 1. The first-order valence-corrected chi connectivity index (χ1v) is 14.0. The quantitative estimate of drug-likeness (QED) is 0.555. The van der Waals surface area contributed by atoms with Crippen molar-refractivity contribution in [3.63, 3.8) is 0 Å². The number of carbonyl (C=O) groups excluding carboxylic acids is 1. The number of rotatable bonds is 9. The van der Waals surface area contributed by atoms with Gasteiger partial charge in [-0.3, -0.25) is 18.9 Å². The van der Waals surface area contributed by atoms with Crippen LogP contribution in [0.4, 0.5) is 5.69 Å². The van der Waals surface area contributed by atoms with Crippen molar-refractivity contribution in [3.8, 4) is 0 Å². The normalized spacial score (nSPS) is 18.5. The van der Waals surface area contributed by atoms with E-state index < -0.39 is 10.0 Å². The van der Waals surface area contributed by atoms with Gasteiger partial charge in [-0.15, -0.1) is 11.3 Å². The third-order valence-corrected chi connectivity index (χ3v) is 8.26. The van der Waals surface area contributed by atoms with Gasteiger partial charge in [-0.05, 0) is 29.7 Å². The minimum Gasteiger partial charge on any atom is -0.379 e. The van der Waals surface area contributed by atoms with Gasteiger partial charge in [-0.1, -0.05) is 0 Å². The Hall–Kier alpha value is -1.76. The lowest BCUT2D eigenvalue weighted by atomic mass is 10.2. The molecular weight excluding hydrogens is 464 g/mol. The largest absolute Gasteiger partial charge is 0.379 e. The van der Waals surface area contributed by atoms with E-state index in [1.54, 1.807) is 0 Å². The van der Waals surface area contributed by atoms with E-state index in [2.05, 4.69) is 15.1 Å². The Balaban J connectivity index is 1.41. The first-order chi connectivity index (χ1) is 15.9. The Kier molecular flexibility index (Phi) is 8.20. The van der Waals surface area contributed by atoms with E-state index in [4.69, 9.17) is 9.47 Å². The Bertz CT molecular complexity index is 1050. The highest BCUT2D eigenvalue weighted by atomic mass is 32.2. The predicted molar refractivity (Wildman–Crippen MR) is 131 cm³/mol. The number of fused-ring (bicyclic) bond motifs is 1. The van der Waals surface area contributed by atoms with Crippen LogP contribution in [0.3, 0.4) is 0 Å². The molecule has 1 aromatic heterocycles. The van der Waals surface area contributed by atoms with Gasteiger partial charge in [0.2, 0.25) is 10.0 Å². The van der Waals surface area contributed by atoms with Gasteiger partial charge in [0.05, 0.1) is 43.2 Å². The first-order valence-electron chi connectivity index (χ1n) is 11.3. The molecule has 0 bridgehead atoms. The van der Waals surface area contributed by atoms with Crippen LogP contribution in [0.25, 0.3) is 10.1 Å². The smallest absolute Gasteiger partial charge is 0.261 e. The van der Waals surface area contributed by atoms with Gasteiger partial charge in [0, 0.05) is 57.1 Å². The second-order valence-electron chi connectivity index (χ2n) is 8.33.